The van der Waals surface area contributed by atoms with E-state index < -0.39 is 5.41 Å². The van der Waals surface area contributed by atoms with Gasteiger partial charge in [-0.2, -0.15) is 0 Å². The van der Waals surface area contributed by atoms with Gasteiger partial charge in [0.2, 0.25) is 5.91 Å². The molecule has 27 heavy (non-hydrogen) atoms. The summed E-state index contributed by atoms with van der Waals surface area (Å²) in [5.41, 5.74) is 0.421. The lowest BCUT2D eigenvalue weighted by Crippen LogP contribution is -2.50. The van der Waals surface area contributed by atoms with Crippen molar-refractivity contribution in [3.63, 3.8) is 0 Å². The summed E-state index contributed by atoms with van der Waals surface area (Å²) in [6.45, 7) is 8.01. The van der Waals surface area contributed by atoms with Crippen molar-refractivity contribution in [1.82, 2.24) is 10.2 Å². The third-order valence-electron chi connectivity index (χ3n) is 5.97. The summed E-state index contributed by atoms with van der Waals surface area (Å²) in [4.78, 5) is 15.2. The molecule has 150 valence electrons. The van der Waals surface area contributed by atoms with Crippen molar-refractivity contribution in [2.24, 2.45) is 5.92 Å². The van der Waals surface area contributed by atoms with E-state index in [-0.39, 0.29) is 18.3 Å². The Bertz CT molecular complexity index is 667. The lowest BCUT2D eigenvalue weighted by atomic mass is 9.82. The van der Waals surface area contributed by atoms with Gasteiger partial charge < -0.3 is 19.7 Å². The highest BCUT2D eigenvalue weighted by atomic mass is 35.5. The molecule has 1 aromatic rings. The minimum Gasteiger partial charge on any atom is -0.486 e. The summed E-state index contributed by atoms with van der Waals surface area (Å²) in [5.74, 6) is 2.63. The van der Waals surface area contributed by atoms with E-state index >= 15 is 0 Å². The molecule has 0 aromatic heterocycles. The highest BCUT2D eigenvalue weighted by Crippen LogP contribution is 2.36. The number of nitrogens with zero attached hydrogens (tertiary/aromatic N) is 1. The molecule has 0 atom stereocenters. The summed E-state index contributed by atoms with van der Waals surface area (Å²) >= 11 is 0. The number of nitrogens with one attached hydrogen (secondary N) is 1. The molecular formula is C21H31ClN2O3. The highest BCUT2D eigenvalue weighted by molar-refractivity contribution is 5.87. The second-order valence-electron chi connectivity index (χ2n) is 8.40. The molecule has 2 aliphatic heterocycles. The van der Waals surface area contributed by atoms with E-state index in [1.54, 1.807) is 0 Å². The number of amides is 1. The predicted octanol–water partition coefficient (Wildman–Crippen LogP) is 3.15. The van der Waals surface area contributed by atoms with Gasteiger partial charge in [-0.15, -0.1) is 12.4 Å². The maximum Gasteiger partial charge on any atom is 0.232 e. The molecule has 1 aromatic carbocycles. The molecule has 0 radical (unpaired) electrons. The van der Waals surface area contributed by atoms with Gasteiger partial charge in [0.25, 0.3) is 0 Å². The predicted molar refractivity (Wildman–Crippen MR) is 108 cm³/mol. The third kappa shape index (κ3) is 4.52. The van der Waals surface area contributed by atoms with Crippen LogP contribution in [-0.4, -0.2) is 49.7 Å². The fourth-order valence-corrected chi connectivity index (χ4v) is 3.89. The highest BCUT2D eigenvalue weighted by Gasteiger charge is 2.36. The van der Waals surface area contributed by atoms with E-state index in [1.165, 1.54) is 12.8 Å². The zero-order valence-corrected chi connectivity index (χ0v) is 17.1. The second kappa shape index (κ2) is 8.27. The first-order chi connectivity index (χ1) is 12.5. The smallest absolute Gasteiger partial charge is 0.232 e. The lowest BCUT2D eigenvalue weighted by Gasteiger charge is -2.37. The summed E-state index contributed by atoms with van der Waals surface area (Å²) in [5, 5.41) is 3.68. The Morgan fingerprint density at radius 1 is 1.11 bits per heavy atom. The van der Waals surface area contributed by atoms with Crippen molar-refractivity contribution in [2.45, 2.75) is 51.0 Å². The van der Waals surface area contributed by atoms with Gasteiger partial charge in [-0.1, -0.05) is 6.07 Å². The number of rotatable bonds is 5. The number of carbonyl (C=O) groups is 1. The molecule has 1 saturated heterocycles. The number of halogens is 1. The first kappa shape index (κ1) is 20.3. The molecule has 4 rings (SSSR count). The average molecular weight is 395 g/mol. The number of ether oxygens (including phenoxy) is 2. The third-order valence-corrected chi connectivity index (χ3v) is 5.97. The standard InChI is InChI=1S/C21H30N2O3.ClH/c1-21(2,16-5-6-18-19(13-16)26-12-11-25-18)20(24)23-9-7-17(8-10-23)22-14-15-3-4-15;/h5-6,13,15,17,22H,3-4,7-12,14H2,1-2H3;1H. The topological polar surface area (TPSA) is 50.8 Å². The molecule has 2 heterocycles. The van der Waals surface area contributed by atoms with Crippen LogP contribution in [0.25, 0.3) is 0 Å². The van der Waals surface area contributed by atoms with Crippen LogP contribution in [0.1, 0.15) is 45.1 Å². The van der Waals surface area contributed by atoms with E-state index in [0.717, 1.165) is 55.5 Å². The van der Waals surface area contributed by atoms with Crippen molar-refractivity contribution >= 4 is 18.3 Å². The van der Waals surface area contributed by atoms with Crippen LogP contribution < -0.4 is 14.8 Å². The van der Waals surface area contributed by atoms with Gasteiger partial charge in [0.05, 0.1) is 5.41 Å². The van der Waals surface area contributed by atoms with Crippen LogP contribution >= 0.6 is 12.4 Å². The molecule has 1 N–H and O–H groups in total. The van der Waals surface area contributed by atoms with Crippen molar-refractivity contribution < 1.29 is 14.3 Å². The number of carbonyl (C=O) groups excluding carboxylic acids is 1. The molecule has 5 nitrogen and oxygen atoms in total. The zero-order valence-electron chi connectivity index (χ0n) is 16.3. The number of hydrogen-bond acceptors (Lipinski definition) is 4. The Hall–Kier alpha value is -1.46. The van der Waals surface area contributed by atoms with E-state index in [1.807, 2.05) is 36.9 Å². The SMILES string of the molecule is CC(C)(C(=O)N1CCC(NCC2CC2)CC1)c1ccc2c(c1)OCCO2.Cl. The van der Waals surface area contributed by atoms with Gasteiger partial charge in [-0.3, -0.25) is 4.79 Å². The molecule has 3 aliphatic rings. The summed E-state index contributed by atoms with van der Waals surface area (Å²) in [6.07, 6.45) is 4.87. The minimum atomic E-state index is -0.565. The van der Waals surface area contributed by atoms with Gasteiger partial charge >= 0.3 is 0 Å². The van der Waals surface area contributed by atoms with Gasteiger partial charge in [0.1, 0.15) is 13.2 Å². The molecule has 1 amide bonds. The Morgan fingerprint density at radius 3 is 2.44 bits per heavy atom. The van der Waals surface area contributed by atoms with E-state index in [2.05, 4.69) is 5.32 Å². The Balaban J connectivity index is 0.00000210. The Labute approximate surface area is 168 Å². The van der Waals surface area contributed by atoms with Crippen LogP contribution in [0.15, 0.2) is 18.2 Å². The number of benzene rings is 1. The van der Waals surface area contributed by atoms with Crippen LogP contribution in [0, 0.1) is 5.92 Å². The summed E-state index contributed by atoms with van der Waals surface area (Å²) in [7, 11) is 0. The Kier molecular flexibility index (Phi) is 6.21. The van der Waals surface area contributed by atoms with Crippen molar-refractivity contribution in [3.8, 4) is 11.5 Å². The number of fused-ring (bicyclic) bond motifs is 1. The molecule has 0 bridgehead atoms. The molecule has 6 heteroatoms. The van der Waals surface area contributed by atoms with Crippen molar-refractivity contribution in [3.05, 3.63) is 23.8 Å². The molecule has 1 saturated carbocycles. The monoisotopic (exact) mass is 394 g/mol. The molecule has 0 spiro atoms. The van der Waals surface area contributed by atoms with Crippen LogP contribution in [0.2, 0.25) is 0 Å². The fraction of sp³-hybridized carbons (Fsp3) is 0.667. The maximum absolute atomic E-state index is 13.2. The van der Waals surface area contributed by atoms with Gasteiger partial charge in [-0.05, 0) is 69.7 Å². The van der Waals surface area contributed by atoms with E-state index in [0.29, 0.717) is 19.3 Å². The quantitative estimate of drug-likeness (QED) is 0.833. The summed E-state index contributed by atoms with van der Waals surface area (Å²) < 4.78 is 11.3. The summed E-state index contributed by atoms with van der Waals surface area (Å²) in [6, 6.07) is 6.45. The van der Waals surface area contributed by atoms with Crippen molar-refractivity contribution in [2.75, 3.05) is 32.8 Å². The normalized spacial score (nSPS) is 20.1. The molecule has 0 unspecified atom stereocenters. The van der Waals surface area contributed by atoms with Crippen LogP contribution in [0.3, 0.4) is 0 Å². The average Bonchev–Trinajstić information content (AvgIpc) is 3.50. The lowest BCUT2D eigenvalue weighted by molar-refractivity contribution is -0.137. The number of likely N-dealkylation sites (tertiary alicyclic amines) is 1. The van der Waals surface area contributed by atoms with E-state index in [4.69, 9.17) is 9.47 Å². The maximum atomic E-state index is 13.2. The van der Waals surface area contributed by atoms with Crippen LogP contribution in [0.5, 0.6) is 11.5 Å². The molecule has 1 aliphatic carbocycles. The number of hydrogen-bond donors (Lipinski definition) is 1. The fourth-order valence-electron chi connectivity index (χ4n) is 3.89. The van der Waals surface area contributed by atoms with E-state index in [9.17, 15) is 4.79 Å². The van der Waals surface area contributed by atoms with Crippen LogP contribution in [0.4, 0.5) is 0 Å². The largest absolute Gasteiger partial charge is 0.486 e. The molecule has 2 fully saturated rings. The first-order valence-corrected chi connectivity index (χ1v) is 9.97. The van der Waals surface area contributed by atoms with Gasteiger partial charge in [0.15, 0.2) is 11.5 Å². The second-order valence-corrected chi connectivity index (χ2v) is 8.40. The Morgan fingerprint density at radius 2 is 1.78 bits per heavy atom. The van der Waals surface area contributed by atoms with Gasteiger partial charge in [-0.25, -0.2) is 0 Å². The zero-order chi connectivity index (χ0) is 18.1. The van der Waals surface area contributed by atoms with Gasteiger partial charge in [0, 0.05) is 19.1 Å². The number of piperidine rings is 1. The minimum absolute atomic E-state index is 0. The first-order valence-electron chi connectivity index (χ1n) is 9.97. The van der Waals surface area contributed by atoms with Crippen LogP contribution in [-0.2, 0) is 10.2 Å². The van der Waals surface area contributed by atoms with Crippen molar-refractivity contribution in [1.29, 1.82) is 0 Å². The molecular weight excluding hydrogens is 364 g/mol.